The van der Waals surface area contributed by atoms with Gasteiger partial charge in [0.15, 0.2) is 11.3 Å². The standard InChI is InChI=1S/C20H24ClF3N6/c1-27-13-26-19-17(18(27)21)25-14-30(19)7-3-6-28-8-10-29(11-9-28)16-5-2-4-15(12-16)20(22,23)24/h2,4-5,12-14,18H,3,6-11H2,1H3. The molecular formula is C20H24ClF3N6. The van der Waals surface area contributed by atoms with E-state index in [4.69, 9.17) is 11.6 Å². The second-order valence-electron chi connectivity index (χ2n) is 7.62. The molecule has 2 aromatic rings. The molecule has 3 heterocycles. The van der Waals surface area contributed by atoms with Crippen LogP contribution in [0.4, 0.5) is 24.7 Å². The van der Waals surface area contributed by atoms with Crippen LogP contribution in [0, 0.1) is 0 Å². The Balaban J connectivity index is 1.27. The topological polar surface area (TPSA) is 39.9 Å². The minimum Gasteiger partial charge on any atom is -0.369 e. The number of halogens is 4. The highest BCUT2D eigenvalue weighted by atomic mass is 35.5. The molecule has 1 saturated heterocycles. The molecule has 10 heteroatoms. The molecule has 162 valence electrons. The molecule has 0 radical (unpaired) electrons. The summed E-state index contributed by atoms with van der Waals surface area (Å²) in [7, 11) is 1.86. The van der Waals surface area contributed by atoms with Crippen molar-refractivity contribution in [3.05, 3.63) is 41.9 Å². The van der Waals surface area contributed by atoms with Gasteiger partial charge in [-0.3, -0.25) is 4.90 Å². The first-order valence-corrected chi connectivity index (χ1v) is 10.4. The summed E-state index contributed by atoms with van der Waals surface area (Å²) in [6, 6.07) is 5.57. The van der Waals surface area contributed by atoms with E-state index < -0.39 is 11.7 Å². The third-order valence-electron chi connectivity index (χ3n) is 5.57. The van der Waals surface area contributed by atoms with Gasteiger partial charge >= 0.3 is 6.18 Å². The van der Waals surface area contributed by atoms with Gasteiger partial charge in [-0.15, -0.1) is 0 Å². The number of hydrogen-bond donors (Lipinski definition) is 0. The zero-order valence-corrected chi connectivity index (χ0v) is 17.4. The SMILES string of the molecule is CN1C=Nc2c(ncn2CCCN2CCN(c3cccc(C(F)(F)F)c3)CC2)C1Cl. The summed E-state index contributed by atoms with van der Waals surface area (Å²) in [4.78, 5) is 15.0. The predicted molar refractivity (Wildman–Crippen MR) is 111 cm³/mol. The first-order chi connectivity index (χ1) is 14.3. The van der Waals surface area contributed by atoms with Crippen LogP contribution in [-0.2, 0) is 12.7 Å². The average Bonchev–Trinajstić information content (AvgIpc) is 3.14. The van der Waals surface area contributed by atoms with Crippen molar-refractivity contribution in [2.45, 2.75) is 24.6 Å². The van der Waals surface area contributed by atoms with Crippen molar-refractivity contribution in [1.29, 1.82) is 0 Å². The number of fused-ring (bicyclic) bond motifs is 1. The van der Waals surface area contributed by atoms with Gasteiger partial charge in [0.2, 0.25) is 0 Å². The average molecular weight is 441 g/mol. The fraction of sp³-hybridized carbons (Fsp3) is 0.500. The van der Waals surface area contributed by atoms with Crippen molar-refractivity contribution < 1.29 is 13.2 Å². The maximum Gasteiger partial charge on any atom is 0.416 e. The highest BCUT2D eigenvalue weighted by Gasteiger charge is 2.31. The molecule has 2 aliphatic heterocycles. The molecule has 4 rings (SSSR count). The Labute approximate surface area is 178 Å². The van der Waals surface area contributed by atoms with E-state index in [0.29, 0.717) is 18.8 Å². The number of benzene rings is 1. The lowest BCUT2D eigenvalue weighted by Gasteiger charge is -2.36. The maximum atomic E-state index is 12.9. The normalized spacial score (nSPS) is 20.0. The van der Waals surface area contributed by atoms with Crippen molar-refractivity contribution in [2.75, 3.05) is 44.7 Å². The van der Waals surface area contributed by atoms with E-state index in [2.05, 4.69) is 14.9 Å². The van der Waals surface area contributed by atoms with Gasteiger partial charge < -0.3 is 14.4 Å². The Kier molecular flexibility index (Phi) is 5.92. The first-order valence-electron chi connectivity index (χ1n) is 9.93. The lowest BCUT2D eigenvalue weighted by molar-refractivity contribution is -0.137. The molecule has 0 aliphatic carbocycles. The number of aliphatic imine (C=N–C) groups is 1. The molecule has 1 aromatic carbocycles. The van der Waals surface area contributed by atoms with Crippen LogP contribution in [0.25, 0.3) is 0 Å². The fourth-order valence-electron chi connectivity index (χ4n) is 3.83. The van der Waals surface area contributed by atoms with Crippen molar-refractivity contribution >= 4 is 29.4 Å². The van der Waals surface area contributed by atoms with Crippen LogP contribution in [0.3, 0.4) is 0 Å². The highest BCUT2D eigenvalue weighted by Crippen LogP contribution is 2.34. The molecule has 30 heavy (non-hydrogen) atoms. The minimum absolute atomic E-state index is 0.303. The van der Waals surface area contributed by atoms with E-state index in [1.165, 1.54) is 12.1 Å². The largest absolute Gasteiger partial charge is 0.416 e. The van der Waals surface area contributed by atoms with Crippen LogP contribution in [0.5, 0.6) is 0 Å². The highest BCUT2D eigenvalue weighted by molar-refractivity contribution is 6.21. The van der Waals surface area contributed by atoms with Crippen LogP contribution in [0.15, 0.2) is 35.6 Å². The number of aryl methyl sites for hydroxylation is 1. The maximum absolute atomic E-state index is 12.9. The Morgan fingerprint density at radius 1 is 1.13 bits per heavy atom. The fourth-order valence-corrected chi connectivity index (χ4v) is 4.04. The zero-order chi connectivity index (χ0) is 21.3. The predicted octanol–water partition coefficient (Wildman–Crippen LogP) is 3.96. The number of rotatable bonds is 5. The smallest absolute Gasteiger partial charge is 0.369 e. The van der Waals surface area contributed by atoms with Crippen LogP contribution in [0.2, 0.25) is 0 Å². The molecule has 0 bridgehead atoms. The molecule has 2 aliphatic rings. The Bertz CT molecular complexity index is 904. The van der Waals surface area contributed by atoms with E-state index in [9.17, 15) is 13.2 Å². The molecule has 1 fully saturated rings. The number of anilines is 1. The summed E-state index contributed by atoms with van der Waals surface area (Å²) in [5, 5.41) is 0. The molecular weight excluding hydrogens is 417 g/mol. The molecule has 0 amide bonds. The molecule has 6 nitrogen and oxygen atoms in total. The molecule has 0 saturated carbocycles. The van der Waals surface area contributed by atoms with E-state index in [1.807, 2.05) is 21.4 Å². The van der Waals surface area contributed by atoms with Gasteiger partial charge in [-0.2, -0.15) is 13.2 Å². The summed E-state index contributed by atoms with van der Waals surface area (Å²) < 4.78 is 40.9. The summed E-state index contributed by atoms with van der Waals surface area (Å²) in [5.74, 6) is 0.808. The molecule has 1 atom stereocenters. The second kappa shape index (κ2) is 8.47. The van der Waals surface area contributed by atoms with Gasteiger partial charge in [0.25, 0.3) is 0 Å². The molecule has 0 spiro atoms. The Morgan fingerprint density at radius 3 is 2.63 bits per heavy atom. The van der Waals surface area contributed by atoms with Gasteiger partial charge in [0, 0.05) is 45.5 Å². The number of alkyl halides is 4. The van der Waals surface area contributed by atoms with Gasteiger partial charge in [-0.05, 0) is 31.2 Å². The van der Waals surface area contributed by atoms with E-state index in [1.54, 1.807) is 18.7 Å². The van der Waals surface area contributed by atoms with Crippen molar-refractivity contribution in [2.24, 2.45) is 4.99 Å². The Hall–Kier alpha value is -2.26. The molecule has 0 N–H and O–H groups in total. The number of nitrogens with zero attached hydrogens (tertiary/aromatic N) is 6. The van der Waals surface area contributed by atoms with E-state index in [0.717, 1.165) is 50.2 Å². The number of aromatic nitrogens is 2. The van der Waals surface area contributed by atoms with Crippen LogP contribution in [0.1, 0.15) is 23.2 Å². The van der Waals surface area contributed by atoms with Crippen molar-refractivity contribution in [3.8, 4) is 0 Å². The van der Waals surface area contributed by atoms with E-state index >= 15 is 0 Å². The lowest BCUT2D eigenvalue weighted by atomic mass is 10.1. The van der Waals surface area contributed by atoms with Crippen LogP contribution >= 0.6 is 11.6 Å². The Morgan fingerprint density at radius 2 is 1.90 bits per heavy atom. The van der Waals surface area contributed by atoms with Gasteiger partial charge in [-0.1, -0.05) is 17.7 Å². The third kappa shape index (κ3) is 4.41. The summed E-state index contributed by atoms with van der Waals surface area (Å²) in [6.45, 7) is 4.78. The van der Waals surface area contributed by atoms with Crippen molar-refractivity contribution in [3.63, 3.8) is 0 Å². The first kappa shape index (κ1) is 21.0. The number of hydrogen-bond acceptors (Lipinski definition) is 5. The molecule has 1 unspecified atom stereocenters. The third-order valence-corrected chi connectivity index (χ3v) is 6.08. The monoisotopic (exact) mass is 440 g/mol. The van der Waals surface area contributed by atoms with E-state index in [-0.39, 0.29) is 5.50 Å². The van der Waals surface area contributed by atoms with Gasteiger partial charge in [0.1, 0.15) is 5.69 Å². The quantitative estimate of drug-likeness (QED) is 0.521. The minimum atomic E-state index is -4.31. The summed E-state index contributed by atoms with van der Waals surface area (Å²) >= 11 is 6.35. The number of imidazole rings is 1. The van der Waals surface area contributed by atoms with Crippen molar-refractivity contribution in [1.82, 2.24) is 19.4 Å². The zero-order valence-electron chi connectivity index (χ0n) is 16.7. The van der Waals surface area contributed by atoms with Crippen LogP contribution in [-0.4, -0.2) is 65.5 Å². The van der Waals surface area contributed by atoms with Crippen LogP contribution < -0.4 is 4.90 Å². The van der Waals surface area contributed by atoms with Gasteiger partial charge in [-0.25, -0.2) is 9.98 Å². The second-order valence-corrected chi connectivity index (χ2v) is 8.04. The number of piperazine rings is 1. The lowest BCUT2D eigenvalue weighted by Crippen LogP contribution is -2.46. The summed E-state index contributed by atoms with van der Waals surface area (Å²) in [5.41, 5.74) is 0.506. The molecule has 1 aromatic heterocycles. The summed E-state index contributed by atoms with van der Waals surface area (Å²) in [6.07, 6.45) is 0.116. The van der Waals surface area contributed by atoms with Gasteiger partial charge in [0.05, 0.1) is 18.2 Å².